The normalized spacial score (nSPS) is 16.3. The van der Waals surface area contributed by atoms with Gasteiger partial charge in [0.1, 0.15) is 28.2 Å². The summed E-state index contributed by atoms with van der Waals surface area (Å²) in [7, 11) is 0. The van der Waals surface area contributed by atoms with Crippen LogP contribution in [0.1, 0.15) is 15.9 Å². The molecule has 0 bridgehead atoms. The van der Waals surface area contributed by atoms with Gasteiger partial charge in [0.05, 0.1) is 31.0 Å². The Balaban J connectivity index is 1.35. The molecule has 1 fully saturated rings. The molecule has 39 heavy (non-hydrogen) atoms. The van der Waals surface area contributed by atoms with Crippen molar-refractivity contribution in [1.82, 2.24) is 29.6 Å². The molecule has 2 aromatic carbocycles. The molecule has 2 N–H and O–H groups in total. The number of nitrogens with zero attached hydrogens (tertiary/aromatic N) is 5. The number of halogens is 2. The standard InChI is InChI=1S/C27H24F2N6O4/c28-27(29)39-17-6-7-22-19(10-17)23(21-12-31-25-24(32-21)20(11-30-25)26(36)37)33-35(22)15-18-14-34(8-9-38-18)13-16-4-2-1-3-5-16/h1-7,10-12,18,27H,8-9,13-15H2,(H,30,31)(H,36,37). The van der Waals surface area contributed by atoms with Gasteiger partial charge in [-0.1, -0.05) is 30.3 Å². The number of hydrogen-bond acceptors (Lipinski definition) is 7. The van der Waals surface area contributed by atoms with Crippen molar-refractivity contribution in [3.8, 4) is 17.1 Å². The van der Waals surface area contributed by atoms with E-state index in [1.807, 2.05) is 18.2 Å². The second-order valence-electron chi connectivity index (χ2n) is 9.26. The molecule has 5 aromatic rings. The SMILES string of the molecule is O=C(O)c1c[nH]c2ncc(-c3nn(CC4CN(Cc5ccccc5)CCO4)c4ccc(OC(F)F)cc34)nc12. The van der Waals surface area contributed by atoms with Crippen molar-refractivity contribution in [2.75, 3.05) is 19.7 Å². The van der Waals surface area contributed by atoms with Crippen molar-refractivity contribution in [3.63, 3.8) is 0 Å². The molecule has 1 aliphatic rings. The first-order chi connectivity index (χ1) is 18.9. The molecule has 6 rings (SSSR count). The minimum atomic E-state index is -2.98. The molecule has 0 spiro atoms. The summed E-state index contributed by atoms with van der Waals surface area (Å²) >= 11 is 0. The lowest BCUT2D eigenvalue weighted by molar-refractivity contribution is -0.0497. The largest absolute Gasteiger partial charge is 0.478 e. The van der Waals surface area contributed by atoms with E-state index in [0.717, 1.165) is 13.1 Å². The van der Waals surface area contributed by atoms with E-state index in [4.69, 9.17) is 9.84 Å². The number of H-pyrrole nitrogens is 1. The summed E-state index contributed by atoms with van der Waals surface area (Å²) in [5.41, 5.74) is 3.02. The molecule has 0 saturated carbocycles. The zero-order valence-electron chi connectivity index (χ0n) is 20.6. The highest BCUT2D eigenvalue weighted by molar-refractivity contribution is 6.01. The van der Waals surface area contributed by atoms with Crippen molar-refractivity contribution in [2.45, 2.75) is 25.8 Å². The lowest BCUT2D eigenvalue weighted by Crippen LogP contribution is -2.43. The van der Waals surface area contributed by atoms with E-state index >= 15 is 0 Å². The Bertz CT molecular complexity index is 1640. The molecule has 1 aliphatic heterocycles. The molecular formula is C27H24F2N6O4. The highest BCUT2D eigenvalue weighted by Gasteiger charge is 2.24. The molecule has 12 heteroatoms. The van der Waals surface area contributed by atoms with Crippen molar-refractivity contribution < 1.29 is 28.2 Å². The second kappa shape index (κ2) is 10.4. The Hall–Kier alpha value is -4.42. The summed E-state index contributed by atoms with van der Waals surface area (Å²) in [5.74, 6) is -1.17. The third-order valence-electron chi connectivity index (χ3n) is 6.65. The van der Waals surface area contributed by atoms with Crippen molar-refractivity contribution >= 4 is 28.0 Å². The van der Waals surface area contributed by atoms with E-state index in [-0.39, 0.29) is 22.9 Å². The van der Waals surface area contributed by atoms with Crippen LogP contribution in [0.4, 0.5) is 8.78 Å². The van der Waals surface area contributed by atoms with Gasteiger partial charge in [0, 0.05) is 31.2 Å². The number of benzene rings is 2. The third kappa shape index (κ3) is 5.16. The summed E-state index contributed by atoms with van der Waals surface area (Å²) in [6.07, 6.45) is 2.63. The molecule has 1 atom stereocenters. The maximum atomic E-state index is 13.0. The van der Waals surface area contributed by atoms with Crippen LogP contribution in [0.25, 0.3) is 33.5 Å². The number of carboxylic acids is 1. The van der Waals surface area contributed by atoms with E-state index in [0.29, 0.717) is 47.6 Å². The summed E-state index contributed by atoms with van der Waals surface area (Å²) in [6, 6.07) is 14.8. The molecule has 0 aliphatic carbocycles. The van der Waals surface area contributed by atoms with E-state index < -0.39 is 12.6 Å². The molecule has 200 valence electrons. The van der Waals surface area contributed by atoms with Gasteiger partial charge in [-0.3, -0.25) is 9.58 Å². The fourth-order valence-electron chi connectivity index (χ4n) is 4.90. The molecular weight excluding hydrogens is 510 g/mol. The molecule has 1 saturated heterocycles. The Kier molecular flexibility index (Phi) is 6.63. The average Bonchev–Trinajstić information content (AvgIpc) is 3.50. The quantitative estimate of drug-likeness (QED) is 0.305. The van der Waals surface area contributed by atoms with E-state index in [9.17, 15) is 18.7 Å². The van der Waals surface area contributed by atoms with Crippen LogP contribution in [-0.4, -0.2) is 73.1 Å². The number of aromatic amines is 1. The van der Waals surface area contributed by atoms with Gasteiger partial charge in [-0.25, -0.2) is 14.8 Å². The highest BCUT2D eigenvalue weighted by Crippen LogP contribution is 2.32. The van der Waals surface area contributed by atoms with Gasteiger partial charge >= 0.3 is 12.6 Å². The Morgan fingerprint density at radius 2 is 2.08 bits per heavy atom. The molecule has 0 amide bonds. The van der Waals surface area contributed by atoms with Gasteiger partial charge in [-0.05, 0) is 23.8 Å². The number of carbonyl (C=O) groups is 1. The fraction of sp³-hybridized carbons (Fsp3) is 0.259. The van der Waals surface area contributed by atoms with Crippen LogP contribution in [0.3, 0.4) is 0 Å². The minimum Gasteiger partial charge on any atom is -0.478 e. The predicted molar refractivity (Wildman–Crippen MR) is 138 cm³/mol. The predicted octanol–water partition coefficient (Wildman–Crippen LogP) is 4.18. The second-order valence-corrected chi connectivity index (χ2v) is 9.26. The van der Waals surface area contributed by atoms with Crippen molar-refractivity contribution in [3.05, 3.63) is 72.1 Å². The summed E-state index contributed by atoms with van der Waals surface area (Å²) in [6.45, 7) is 0.304. The van der Waals surface area contributed by atoms with Gasteiger partial charge < -0.3 is 19.6 Å². The smallest absolute Gasteiger partial charge is 0.387 e. The third-order valence-corrected chi connectivity index (χ3v) is 6.65. The summed E-state index contributed by atoms with van der Waals surface area (Å²) in [4.78, 5) is 25.6. The number of aromatic carboxylic acids is 1. The number of fused-ring (bicyclic) bond motifs is 2. The molecule has 1 unspecified atom stereocenters. The fourth-order valence-corrected chi connectivity index (χ4v) is 4.90. The van der Waals surface area contributed by atoms with Crippen LogP contribution in [0.5, 0.6) is 5.75 Å². The Labute approximate surface area is 220 Å². The number of aromatic nitrogens is 5. The summed E-state index contributed by atoms with van der Waals surface area (Å²) in [5, 5.41) is 14.8. The number of alkyl halides is 2. The molecule has 3 aromatic heterocycles. The average molecular weight is 535 g/mol. The van der Waals surface area contributed by atoms with Crippen LogP contribution in [0.15, 0.2) is 60.9 Å². The first-order valence-electron chi connectivity index (χ1n) is 12.4. The minimum absolute atomic E-state index is 0.0249. The van der Waals surface area contributed by atoms with Crippen molar-refractivity contribution in [2.24, 2.45) is 0 Å². The maximum absolute atomic E-state index is 13.0. The molecule has 10 nitrogen and oxygen atoms in total. The van der Waals surface area contributed by atoms with E-state index in [1.54, 1.807) is 10.7 Å². The number of hydrogen-bond donors (Lipinski definition) is 2. The zero-order valence-corrected chi connectivity index (χ0v) is 20.6. The number of nitrogens with one attached hydrogen (secondary N) is 1. The molecule has 0 radical (unpaired) electrons. The highest BCUT2D eigenvalue weighted by atomic mass is 19.3. The lowest BCUT2D eigenvalue weighted by atomic mass is 10.1. The number of ether oxygens (including phenoxy) is 2. The van der Waals surface area contributed by atoms with E-state index in [1.165, 1.54) is 30.1 Å². The number of carboxylic acid groups (broad SMARTS) is 1. The topological polar surface area (TPSA) is 118 Å². The van der Waals surface area contributed by atoms with Gasteiger partial charge in [0.2, 0.25) is 0 Å². The lowest BCUT2D eigenvalue weighted by Gasteiger charge is -2.33. The van der Waals surface area contributed by atoms with Crippen LogP contribution < -0.4 is 4.74 Å². The number of morpholine rings is 1. The van der Waals surface area contributed by atoms with Crippen LogP contribution in [0, 0.1) is 0 Å². The van der Waals surface area contributed by atoms with Crippen LogP contribution in [-0.2, 0) is 17.8 Å². The first-order valence-corrected chi connectivity index (χ1v) is 12.4. The zero-order chi connectivity index (χ0) is 26.9. The van der Waals surface area contributed by atoms with E-state index in [2.05, 4.69) is 36.7 Å². The Morgan fingerprint density at radius 1 is 1.23 bits per heavy atom. The Morgan fingerprint density at radius 3 is 2.87 bits per heavy atom. The first kappa shape index (κ1) is 24.9. The van der Waals surface area contributed by atoms with Gasteiger partial charge in [0.25, 0.3) is 0 Å². The van der Waals surface area contributed by atoms with Gasteiger partial charge in [-0.2, -0.15) is 13.9 Å². The van der Waals surface area contributed by atoms with Crippen LogP contribution >= 0.6 is 0 Å². The maximum Gasteiger partial charge on any atom is 0.387 e. The van der Waals surface area contributed by atoms with Crippen LogP contribution in [0.2, 0.25) is 0 Å². The monoisotopic (exact) mass is 534 g/mol. The number of rotatable bonds is 8. The van der Waals surface area contributed by atoms with Crippen molar-refractivity contribution in [1.29, 1.82) is 0 Å². The summed E-state index contributed by atoms with van der Waals surface area (Å²) < 4.78 is 38.4. The van der Waals surface area contributed by atoms with Gasteiger partial charge in [-0.15, -0.1) is 0 Å². The van der Waals surface area contributed by atoms with Gasteiger partial charge in [0.15, 0.2) is 5.65 Å². The molecule has 4 heterocycles.